The van der Waals surface area contributed by atoms with E-state index in [0.29, 0.717) is 44.5 Å². The number of ether oxygens (including phenoxy) is 4. The molecule has 8 bridgehead atoms. The van der Waals surface area contributed by atoms with Gasteiger partial charge in [-0.1, -0.05) is 132 Å². The molecule has 0 aliphatic heterocycles. The normalized spacial score (nSPS) is 12.8. The number of benzene rings is 4. The molecule has 0 saturated heterocycles. The van der Waals surface area contributed by atoms with E-state index < -0.39 is 106 Å². The molecular weight excluding hydrogens is 1250 g/mol. The zero-order chi connectivity index (χ0) is 57.0. The van der Waals surface area contributed by atoms with Gasteiger partial charge in [0.05, 0.1) is 57.7 Å². The second-order valence-electron chi connectivity index (χ2n) is 22.7. The van der Waals surface area contributed by atoms with Crippen LogP contribution in [0.25, 0.3) is 0 Å². The van der Waals surface area contributed by atoms with Crippen LogP contribution in [0, 0.1) is 0 Å². The molecule has 0 saturated carbocycles. The van der Waals surface area contributed by atoms with E-state index in [4.69, 9.17) is 18.9 Å². The van der Waals surface area contributed by atoms with Gasteiger partial charge in [0.25, 0.3) is 0 Å². The van der Waals surface area contributed by atoms with E-state index in [-0.39, 0.29) is 285 Å². The SMILES string of the molecule is CC(C)(C)c1cc2c(OCCOP(=O)([O-])[O-])c(c1)Cc1cc(C(C)(C)C)cc(c1OCCOP(=O)([O-])[O-])Cc1cc(C(C)(C)C)cc(c1OCCOP(=O)([O-])[O-])Cc1cc(C(C)(C)C)cc(c1OCCOP(=O)([O-])[O-])C2.[Na+].[Na+].[Na+].[Na+].[Na+].[Na+].[Na+].[Na+]. The van der Waals surface area contributed by atoms with Crippen LogP contribution in [-0.4, -0.2) is 52.9 Å². The Labute approximate surface area is 673 Å². The summed E-state index contributed by atoms with van der Waals surface area (Å²) in [7, 11) is -21.7. The van der Waals surface area contributed by atoms with Crippen LogP contribution in [0.2, 0.25) is 0 Å². The largest absolute Gasteiger partial charge is 1.00 e. The molecule has 0 unspecified atom stereocenters. The summed E-state index contributed by atoms with van der Waals surface area (Å²) in [5, 5.41) is 0. The summed E-state index contributed by atoms with van der Waals surface area (Å²) in [5.41, 5.74) is 5.74. The summed E-state index contributed by atoms with van der Waals surface area (Å²) in [6.07, 6.45) is 0.168. The Bertz CT molecular complexity index is 2440. The fraction of sp³-hybridized carbons (Fsp3) is 0.538. The Kier molecular flexibility index (Phi) is 44.8. The standard InChI is InChI=1S/C52H76O20P4.8Na/c1-49(2,3)41-25-33-21-35-27-42(50(4,5)6)29-37(46(35)66-14-18-70-74(56,57)58)23-39-31-44(52(10,11)12)32-40(48(39)68-16-20-72-76(62,63)64)24-38-30-43(51(7,8)9)28-36(47(38)67-15-19-71-75(59,60)61)22-34(26-41)45(33)65-13-17-69-73(53,54)55;;;;;;;;/h25-32H,13-24H2,1-12H3,(H2,53,54,55)(H2,56,57,58)(H2,59,60,61)(H2,62,63,64);;;;;;;;/q;8*+1/p-8. The topological polar surface area (TPSA) is 327 Å². The molecule has 20 nitrogen and oxygen atoms in total. The molecular formula is C52H68Na8O20P4. The van der Waals surface area contributed by atoms with E-state index in [1.807, 2.05) is 132 Å². The van der Waals surface area contributed by atoms with Gasteiger partial charge in [0.15, 0.2) is 0 Å². The van der Waals surface area contributed by atoms with Crippen LogP contribution < -0.4 is 295 Å². The van der Waals surface area contributed by atoms with Crippen LogP contribution in [0.3, 0.4) is 0 Å². The van der Waals surface area contributed by atoms with Crippen molar-refractivity contribution in [2.45, 2.75) is 130 Å². The first-order valence-electron chi connectivity index (χ1n) is 24.5. The Hall–Kier alpha value is 4.52. The van der Waals surface area contributed by atoms with Crippen molar-refractivity contribution in [2.24, 2.45) is 0 Å². The van der Waals surface area contributed by atoms with Gasteiger partial charge < -0.3 is 94.4 Å². The quantitative estimate of drug-likeness (QED) is 0.0397. The average molecular weight is 1320 g/mol. The van der Waals surface area contributed by atoms with Crippen LogP contribution in [0.5, 0.6) is 23.0 Å². The monoisotopic (exact) mass is 1320 g/mol. The number of phosphoric ester groups is 4. The van der Waals surface area contributed by atoms with E-state index in [1.54, 1.807) is 0 Å². The van der Waals surface area contributed by atoms with Crippen molar-refractivity contribution in [3.05, 3.63) is 115 Å². The van der Waals surface area contributed by atoms with Crippen molar-refractivity contribution in [1.82, 2.24) is 0 Å². The van der Waals surface area contributed by atoms with Crippen molar-refractivity contribution in [1.29, 1.82) is 0 Å². The Morgan fingerprint density at radius 1 is 0.286 bits per heavy atom. The van der Waals surface area contributed by atoms with Crippen LogP contribution in [0.15, 0.2) is 48.5 Å². The molecule has 0 spiro atoms. The minimum atomic E-state index is -5.42. The van der Waals surface area contributed by atoms with Gasteiger partial charge in [-0.25, -0.2) is 0 Å². The molecule has 0 amide bonds. The fourth-order valence-electron chi connectivity index (χ4n) is 8.53. The molecule has 4 aromatic carbocycles. The molecule has 5 rings (SSSR count). The first-order valence-corrected chi connectivity index (χ1v) is 30.3. The second kappa shape index (κ2) is 39.7. The third-order valence-electron chi connectivity index (χ3n) is 12.3. The Morgan fingerprint density at radius 2 is 0.417 bits per heavy atom. The predicted molar refractivity (Wildman–Crippen MR) is 268 cm³/mol. The van der Waals surface area contributed by atoms with E-state index in [2.05, 4.69) is 18.1 Å². The zero-order valence-electron chi connectivity index (χ0n) is 53.1. The van der Waals surface area contributed by atoms with Gasteiger partial charge in [0.2, 0.25) is 0 Å². The summed E-state index contributed by atoms with van der Waals surface area (Å²) >= 11 is 0. The second-order valence-corrected chi connectivity index (χ2v) is 27.3. The summed E-state index contributed by atoms with van der Waals surface area (Å²) < 4.78 is 91.0. The van der Waals surface area contributed by atoms with Gasteiger partial charge in [-0.2, -0.15) is 0 Å². The molecule has 4 aromatic rings. The van der Waals surface area contributed by atoms with Gasteiger partial charge in [0, 0.05) is 25.7 Å². The molecule has 0 fully saturated rings. The van der Waals surface area contributed by atoms with Gasteiger partial charge in [-0.15, -0.1) is 0 Å². The number of rotatable bonds is 20. The molecule has 1 aliphatic carbocycles. The Balaban J connectivity index is -0.00000400. The first kappa shape index (κ1) is 94.9. The zero-order valence-corrected chi connectivity index (χ0v) is 72.6. The summed E-state index contributed by atoms with van der Waals surface area (Å²) in [6, 6.07) is 15.5. The number of hydrogen-bond donors (Lipinski definition) is 0. The summed E-state index contributed by atoms with van der Waals surface area (Å²) in [4.78, 5) is 93.1. The molecule has 1 aliphatic rings. The molecule has 84 heavy (non-hydrogen) atoms. The van der Waals surface area contributed by atoms with Gasteiger partial charge in [-0.3, -0.25) is 0 Å². The van der Waals surface area contributed by atoms with Crippen LogP contribution >= 0.6 is 31.3 Å². The molecule has 424 valence electrons. The van der Waals surface area contributed by atoms with Gasteiger partial charge >= 0.3 is 236 Å². The summed E-state index contributed by atoms with van der Waals surface area (Å²) in [5.74, 6) is 1.11. The maximum Gasteiger partial charge on any atom is 1.00 e. The van der Waals surface area contributed by atoms with Crippen molar-refractivity contribution >= 4 is 31.3 Å². The van der Waals surface area contributed by atoms with Crippen LogP contribution in [0.1, 0.15) is 150 Å². The number of phosphoric acid groups is 4. The van der Waals surface area contributed by atoms with Crippen molar-refractivity contribution in [3.8, 4) is 23.0 Å². The molecule has 0 radical (unpaired) electrons. The van der Waals surface area contributed by atoms with E-state index in [0.717, 1.165) is 22.3 Å². The van der Waals surface area contributed by atoms with Crippen LogP contribution in [0.4, 0.5) is 0 Å². The van der Waals surface area contributed by atoms with E-state index in [9.17, 15) is 57.4 Å². The maximum absolute atomic E-state index is 11.6. The Morgan fingerprint density at radius 3 is 0.524 bits per heavy atom. The summed E-state index contributed by atoms with van der Waals surface area (Å²) in [6.45, 7) is 20.0. The minimum Gasteiger partial charge on any atom is -0.790 e. The predicted octanol–water partition coefficient (Wildman–Crippen LogP) is -19.5. The smallest absolute Gasteiger partial charge is 0.790 e. The van der Waals surface area contributed by atoms with Crippen molar-refractivity contribution in [3.63, 3.8) is 0 Å². The number of fused-ring (bicyclic) bond motifs is 8. The molecule has 0 atom stereocenters. The van der Waals surface area contributed by atoms with Crippen LogP contribution in [-0.2, 0) is 83.7 Å². The third kappa shape index (κ3) is 32.0. The van der Waals surface area contributed by atoms with Gasteiger partial charge in [0.1, 0.15) is 49.4 Å². The molecule has 32 heteroatoms. The first-order chi connectivity index (χ1) is 34.7. The fourth-order valence-corrected chi connectivity index (χ4v) is 9.73. The maximum atomic E-state index is 11.6. The molecule has 0 heterocycles. The number of hydrogen-bond acceptors (Lipinski definition) is 20. The third-order valence-corrected chi connectivity index (χ3v) is 14.3. The van der Waals surface area contributed by atoms with E-state index in [1.165, 1.54) is 0 Å². The molecule has 0 N–H and O–H groups in total. The van der Waals surface area contributed by atoms with Crippen molar-refractivity contribution < 1.29 is 331 Å². The van der Waals surface area contributed by atoms with Crippen molar-refractivity contribution in [2.75, 3.05) is 52.9 Å². The molecule has 0 aromatic heterocycles. The average Bonchev–Trinajstić information content (AvgIpc) is 3.23. The van der Waals surface area contributed by atoms with Gasteiger partial charge in [-0.05, 0) is 88.4 Å². The minimum absolute atomic E-state index is 0. The van der Waals surface area contributed by atoms with E-state index >= 15 is 0 Å².